The van der Waals surface area contributed by atoms with Crippen molar-refractivity contribution >= 4 is 21.8 Å². The number of hydrogen-bond donors (Lipinski definition) is 0. The van der Waals surface area contributed by atoms with Crippen LogP contribution in [0.25, 0.3) is 21.8 Å². The van der Waals surface area contributed by atoms with E-state index in [0.29, 0.717) is 19.1 Å². The molecule has 0 N–H and O–H groups in total. The molecule has 178 valence electrons. The second-order valence-electron chi connectivity index (χ2n) is 9.05. The number of aryl methyl sites for hydroxylation is 1. The molecule has 1 unspecified atom stereocenters. The summed E-state index contributed by atoms with van der Waals surface area (Å²) in [6.07, 6.45) is 2.03. The van der Waals surface area contributed by atoms with Gasteiger partial charge in [0.2, 0.25) is 0 Å². The van der Waals surface area contributed by atoms with Gasteiger partial charge >= 0.3 is 0 Å². The molecule has 0 aliphatic heterocycles. The van der Waals surface area contributed by atoms with Crippen molar-refractivity contribution in [2.24, 2.45) is 0 Å². The van der Waals surface area contributed by atoms with Gasteiger partial charge in [0.05, 0.1) is 17.6 Å². The van der Waals surface area contributed by atoms with Gasteiger partial charge in [0.15, 0.2) is 0 Å². The third kappa shape index (κ3) is 5.32. The van der Waals surface area contributed by atoms with E-state index in [1.807, 2.05) is 18.2 Å². The van der Waals surface area contributed by atoms with Crippen molar-refractivity contribution in [3.8, 4) is 11.5 Å². The monoisotopic (exact) mass is 464 g/mol. The largest absolute Gasteiger partial charge is 0.494 e. The third-order valence-corrected chi connectivity index (χ3v) is 6.68. The first kappa shape index (κ1) is 23.0. The molecule has 1 heterocycles. The second-order valence-corrected chi connectivity index (χ2v) is 9.05. The number of aromatic nitrogens is 2. The molecule has 4 aromatic carbocycles. The average Bonchev–Trinajstić information content (AvgIpc) is 3.27. The lowest BCUT2D eigenvalue weighted by molar-refractivity contribution is 0.280. The standard InChI is InChI=1S/C31H32N2O2/c1-3-23(2)24-13-16-27(17-14-24)34-20-8-19-33-30-12-7-6-11-29(30)32-31(33)22-35-28-18-15-25-9-4-5-10-26(25)21-28/h4-7,9-18,21,23H,3,8,19-20,22H2,1-2H3. The Bertz CT molecular complexity index is 1410. The molecule has 1 aromatic heterocycles. The molecule has 0 aliphatic carbocycles. The summed E-state index contributed by atoms with van der Waals surface area (Å²) in [5.41, 5.74) is 3.48. The van der Waals surface area contributed by atoms with Crippen LogP contribution in [0.15, 0.2) is 91.0 Å². The van der Waals surface area contributed by atoms with Crippen molar-refractivity contribution < 1.29 is 9.47 Å². The van der Waals surface area contributed by atoms with Gasteiger partial charge in [0.1, 0.15) is 23.9 Å². The first-order chi connectivity index (χ1) is 17.2. The Balaban J connectivity index is 1.24. The molecular formula is C31H32N2O2. The van der Waals surface area contributed by atoms with Crippen molar-refractivity contribution in [2.45, 2.75) is 45.8 Å². The van der Waals surface area contributed by atoms with Gasteiger partial charge in [-0.2, -0.15) is 0 Å². The Labute approximate surface area is 207 Å². The molecular weight excluding hydrogens is 432 g/mol. The third-order valence-electron chi connectivity index (χ3n) is 6.68. The first-order valence-electron chi connectivity index (χ1n) is 12.5. The fraction of sp³-hybridized carbons (Fsp3) is 0.258. The Hall–Kier alpha value is -3.79. The number of fused-ring (bicyclic) bond motifs is 2. The summed E-state index contributed by atoms with van der Waals surface area (Å²) >= 11 is 0. The number of rotatable bonds is 10. The Morgan fingerprint density at radius 1 is 0.800 bits per heavy atom. The average molecular weight is 465 g/mol. The minimum Gasteiger partial charge on any atom is -0.494 e. The van der Waals surface area contributed by atoms with Gasteiger partial charge in [0, 0.05) is 6.54 Å². The van der Waals surface area contributed by atoms with Crippen LogP contribution < -0.4 is 9.47 Å². The predicted octanol–water partition coefficient (Wildman–Crippen LogP) is 7.75. The molecule has 5 aromatic rings. The van der Waals surface area contributed by atoms with E-state index in [1.165, 1.54) is 16.3 Å². The lowest BCUT2D eigenvalue weighted by Crippen LogP contribution is -2.10. The van der Waals surface area contributed by atoms with Crippen LogP contribution in [-0.2, 0) is 13.2 Å². The highest BCUT2D eigenvalue weighted by atomic mass is 16.5. The fourth-order valence-electron chi connectivity index (χ4n) is 4.43. The number of benzene rings is 4. The molecule has 1 atom stereocenters. The number of ether oxygens (including phenoxy) is 2. The molecule has 35 heavy (non-hydrogen) atoms. The summed E-state index contributed by atoms with van der Waals surface area (Å²) in [6, 6.07) is 31.3. The van der Waals surface area contributed by atoms with Crippen LogP contribution in [0.5, 0.6) is 11.5 Å². The lowest BCUT2D eigenvalue weighted by Gasteiger charge is -2.13. The lowest BCUT2D eigenvalue weighted by atomic mass is 9.99. The summed E-state index contributed by atoms with van der Waals surface area (Å²) in [6.45, 7) is 6.37. The minimum atomic E-state index is 0.422. The van der Waals surface area contributed by atoms with Crippen molar-refractivity contribution in [2.75, 3.05) is 6.61 Å². The van der Waals surface area contributed by atoms with E-state index >= 15 is 0 Å². The molecule has 5 rings (SSSR count). The Morgan fingerprint density at radius 3 is 2.37 bits per heavy atom. The van der Waals surface area contributed by atoms with Gasteiger partial charge in [-0.15, -0.1) is 0 Å². The normalized spacial score (nSPS) is 12.2. The van der Waals surface area contributed by atoms with Crippen LogP contribution in [0, 0.1) is 0 Å². The zero-order valence-corrected chi connectivity index (χ0v) is 20.5. The molecule has 0 bridgehead atoms. The van der Waals surface area contributed by atoms with E-state index in [2.05, 4.69) is 91.2 Å². The maximum Gasteiger partial charge on any atom is 0.147 e. The van der Waals surface area contributed by atoms with Crippen molar-refractivity contribution in [3.05, 3.63) is 102 Å². The number of nitrogens with zero attached hydrogens (tertiary/aromatic N) is 2. The van der Waals surface area contributed by atoms with Crippen molar-refractivity contribution in [1.82, 2.24) is 9.55 Å². The fourth-order valence-corrected chi connectivity index (χ4v) is 4.43. The van der Waals surface area contributed by atoms with E-state index in [4.69, 9.17) is 14.5 Å². The smallest absolute Gasteiger partial charge is 0.147 e. The second kappa shape index (κ2) is 10.6. The molecule has 0 spiro atoms. The van der Waals surface area contributed by atoms with Crippen LogP contribution in [0.2, 0.25) is 0 Å². The zero-order valence-electron chi connectivity index (χ0n) is 20.5. The molecule has 0 saturated carbocycles. The SMILES string of the molecule is CCC(C)c1ccc(OCCCn2c(COc3ccc4ccccc4c3)nc3ccccc32)cc1. The van der Waals surface area contributed by atoms with Crippen LogP contribution in [0.4, 0.5) is 0 Å². The maximum absolute atomic E-state index is 6.17. The highest BCUT2D eigenvalue weighted by Crippen LogP contribution is 2.24. The van der Waals surface area contributed by atoms with Gasteiger partial charge in [-0.3, -0.25) is 0 Å². The highest BCUT2D eigenvalue weighted by Gasteiger charge is 2.11. The summed E-state index contributed by atoms with van der Waals surface area (Å²) in [5, 5.41) is 2.38. The minimum absolute atomic E-state index is 0.422. The molecule has 0 fully saturated rings. The van der Waals surface area contributed by atoms with E-state index in [-0.39, 0.29) is 0 Å². The van der Waals surface area contributed by atoms with Crippen LogP contribution in [0.3, 0.4) is 0 Å². The van der Waals surface area contributed by atoms with Gasteiger partial charge in [-0.05, 0) is 71.5 Å². The number of para-hydroxylation sites is 2. The van der Waals surface area contributed by atoms with Crippen LogP contribution in [-0.4, -0.2) is 16.2 Å². The maximum atomic E-state index is 6.17. The number of imidazole rings is 1. The van der Waals surface area contributed by atoms with Crippen molar-refractivity contribution in [1.29, 1.82) is 0 Å². The number of hydrogen-bond acceptors (Lipinski definition) is 3. The summed E-state index contributed by atoms with van der Waals surface area (Å²) in [7, 11) is 0. The summed E-state index contributed by atoms with van der Waals surface area (Å²) in [4.78, 5) is 4.86. The van der Waals surface area contributed by atoms with E-state index in [9.17, 15) is 0 Å². The van der Waals surface area contributed by atoms with Gasteiger partial charge in [0.25, 0.3) is 0 Å². The summed E-state index contributed by atoms with van der Waals surface area (Å²) in [5.74, 6) is 3.28. The first-order valence-corrected chi connectivity index (χ1v) is 12.5. The van der Waals surface area contributed by atoms with E-state index in [0.717, 1.165) is 47.7 Å². The Morgan fingerprint density at radius 2 is 1.54 bits per heavy atom. The Kier molecular flexibility index (Phi) is 6.99. The van der Waals surface area contributed by atoms with E-state index in [1.54, 1.807) is 0 Å². The molecule has 4 nitrogen and oxygen atoms in total. The van der Waals surface area contributed by atoms with Gasteiger partial charge in [-0.1, -0.05) is 68.4 Å². The quantitative estimate of drug-likeness (QED) is 0.198. The zero-order chi connectivity index (χ0) is 24.0. The molecule has 0 amide bonds. The van der Waals surface area contributed by atoms with Crippen molar-refractivity contribution in [3.63, 3.8) is 0 Å². The van der Waals surface area contributed by atoms with E-state index < -0.39 is 0 Å². The molecule has 0 aliphatic rings. The summed E-state index contributed by atoms with van der Waals surface area (Å²) < 4.78 is 14.5. The molecule has 0 saturated heterocycles. The topological polar surface area (TPSA) is 36.3 Å². The molecule has 4 heteroatoms. The van der Waals surface area contributed by atoms with Crippen LogP contribution in [0.1, 0.15) is 44.0 Å². The van der Waals surface area contributed by atoms with Gasteiger partial charge < -0.3 is 14.0 Å². The highest BCUT2D eigenvalue weighted by molar-refractivity contribution is 5.83. The predicted molar refractivity (Wildman–Crippen MR) is 143 cm³/mol. The van der Waals surface area contributed by atoms with Crippen LogP contribution >= 0.6 is 0 Å². The van der Waals surface area contributed by atoms with Gasteiger partial charge in [-0.25, -0.2) is 4.98 Å². The molecule has 0 radical (unpaired) electrons.